The molecule has 3 heteroatoms. The molecule has 3 aliphatic carbocycles. The monoisotopic (exact) mass is 558 g/mol. The molecular weight excluding hydrogens is 534 g/mol. The van der Waals surface area contributed by atoms with Gasteiger partial charge in [0.15, 0.2) is 0 Å². The van der Waals surface area contributed by atoms with E-state index in [1.807, 2.05) is 6.49 Å². The Bertz CT molecular complexity index is 1500. The van der Waals surface area contributed by atoms with E-state index >= 15 is 0 Å². The first-order valence-corrected chi connectivity index (χ1v) is 15.9. The molecule has 0 spiro atoms. The van der Waals surface area contributed by atoms with Crippen molar-refractivity contribution in [1.82, 2.24) is 0 Å². The predicted octanol–water partition coefficient (Wildman–Crippen LogP) is 2.28. The molecule has 1 unspecified atom stereocenters. The summed E-state index contributed by atoms with van der Waals surface area (Å²) in [7, 11) is 0. The Kier molecular flexibility index (Phi) is 6.82. The van der Waals surface area contributed by atoms with Gasteiger partial charge in [0.2, 0.25) is 0 Å². The number of rotatable bonds is 2. The Morgan fingerprint density at radius 3 is 2.00 bits per heavy atom. The second kappa shape index (κ2) is 9.69. The van der Waals surface area contributed by atoms with Gasteiger partial charge in [0, 0.05) is 0 Å². The molecule has 4 aromatic rings. The molecule has 0 aromatic heterocycles. The number of halogens is 2. The van der Waals surface area contributed by atoms with E-state index in [9.17, 15) is 0 Å². The molecule has 168 valence electrons. The van der Waals surface area contributed by atoms with Crippen LogP contribution in [0.2, 0.25) is 0 Å². The van der Waals surface area contributed by atoms with Gasteiger partial charge in [-0.1, -0.05) is 0 Å². The summed E-state index contributed by atoms with van der Waals surface area (Å²) in [5, 5.41) is 5.76. The van der Waals surface area contributed by atoms with Crippen LogP contribution < -0.4 is 24.8 Å². The average molecular weight is 561 g/mol. The minimum atomic E-state index is -2.11. The summed E-state index contributed by atoms with van der Waals surface area (Å²) in [4.78, 5) is 0. The third-order valence-electron chi connectivity index (χ3n) is 7.80. The van der Waals surface area contributed by atoms with Crippen molar-refractivity contribution >= 4 is 24.8 Å². The SMILES string of the molecule is C1=CC[C]([Zr+2](=[C]2CCCC2)[CH]2c3ccccc3-c3c2c2ccccc2c2ccccc32)=C1.[Cl-].[Cl-]. The van der Waals surface area contributed by atoms with E-state index in [1.54, 1.807) is 11.1 Å². The van der Waals surface area contributed by atoms with Crippen molar-refractivity contribution in [2.75, 3.05) is 0 Å². The average Bonchev–Trinajstić information content (AvgIpc) is 3.62. The zero-order valence-corrected chi connectivity index (χ0v) is 23.0. The second-order valence-electron chi connectivity index (χ2n) is 9.45. The largest absolute Gasteiger partial charge is 1.00 e. The van der Waals surface area contributed by atoms with Crippen LogP contribution in [0.5, 0.6) is 0 Å². The Hall–Kier alpha value is -1.79. The van der Waals surface area contributed by atoms with Crippen LogP contribution in [0.1, 0.15) is 46.9 Å². The van der Waals surface area contributed by atoms with Crippen LogP contribution in [-0.4, -0.2) is 3.21 Å². The van der Waals surface area contributed by atoms with E-state index in [2.05, 4.69) is 91.0 Å². The molecule has 3 aliphatic rings. The molecule has 0 bridgehead atoms. The summed E-state index contributed by atoms with van der Waals surface area (Å²) in [6.07, 6.45) is 14.0. The zero-order chi connectivity index (χ0) is 21.1. The molecule has 0 saturated heterocycles. The molecule has 4 aromatic carbocycles. The molecule has 0 heterocycles. The van der Waals surface area contributed by atoms with Crippen molar-refractivity contribution in [3.8, 4) is 11.1 Å². The number of hydrogen-bond acceptors (Lipinski definition) is 0. The molecule has 34 heavy (non-hydrogen) atoms. The van der Waals surface area contributed by atoms with Crippen molar-refractivity contribution in [3.05, 3.63) is 105 Å². The van der Waals surface area contributed by atoms with Gasteiger partial charge in [-0.05, 0) is 0 Å². The fourth-order valence-corrected chi connectivity index (χ4v) is 16.1. The van der Waals surface area contributed by atoms with Gasteiger partial charge in [0.1, 0.15) is 0 Å². The minimum Gasteiger partial charge on any atom is -1.00 e. The van der Waals surface area contributed by atoms with Crippen molar-refractivity contribution in [2.24, 2.45) is 0 Å². The Morgan fingerprint density at radius 1 is 0.676 bits per heavy atom. The van der Waals surface area contributed by atoms with Crippen LogP contribution in [0.15, 0.2) is 94.3 Å². The zero-order valence-electron chi connectivity index (χ0n) is 19.0. The molecule has 1 saturated carbocycles. The first-order valence-electron chi connectivity index (χ1n) is 12.0. The van der Waals surface area contributed by atoms with Gasteiger partial charge in [-0.3, -0.25) is 0 Å². The molecule has 1 atom stereocenters. The first kappa shape index (κ1) is 23.9. The molecule has 1 fully saturated rings. The summed E-state index contributed by atoms with van der Waals surface area (Å²) in [5.74, 6) is 0. The Balaban J connectivity index is 0.00000120. The van der Waals surface area contributed by atoms with Gasteiger partial charge in [0.25, 0.3) is 0 Å². The van der Waals surface area contributed by atoms with Gasteiger partial charge in [-0.15, -0.1) is 0 Å². The van der Waals surface area contributed by atoms with Gasteiger partial charge >= 0.3 is 198 Å². The minimum absolute atomic E-state index is 0. The van der Waals surface area contributed by atoms with E-state index in [0.717, 1.165) is 0 Å². The maximum absolute atomic E-state index is 2.50. The quantitative estimate of drug-likeness (QED) is 0.330. The third kappa shape index (κ3) is 3.55. The number of allylic oxidation sites excluding steroid dienone is 4. The van der Waals surface area contributed by atoms with Crippen LogP contribution in [0.25, 0.3) is 32.7 Å². The second-order valence-corrected chi connectivity index (χ2v) is 16.2. The Labute approximate surface area is 221 Å². The number of hydrogen-bond donors (Lipinski definition) is 0. The molecule has 0 N–H and O–H groups in total. The van der Waals surface area contributed by atoms with Crippen molar-refractivity contribution < 1.29 is 46.1 Å². The standard InChI is InChI=1S/C21H13.C5H8.C5H5.2ClH.Zr/c1-2-8-15-14(7-1)13-20-18-11-4-3-9-16(18)17-10-5-6-12-19(17)21(15)20;2*1-2-4-5-3-1;;;/h1-13H;1-4H2;1-3H,4H2;2*1H;/q;;;;;+2/p-2. The predicted molar refractivity (Wildman–Crippen MR) is 134 cm³/mol. The summed E-state index contributed by atoms with van der Waals surface area (Å²) in [5.41, 5.74) is 6.30. The first-order chi connectivity index (χ1) is 15.9. The summed E-state index contributed by atoms with van der Waals surface area (Å²) in [6.45, 7) is 0. The molecule has 0 nitrogen and oxygen atoms in total. The Morgan fingerprint density at radius 2 is 1.29 bits per heavy atom. The van der Waals surface area contributed by atoms with Crippen LogP contribution in [0.3, 0.4) is 0 Å². The maximum Gasteiger partial charge on any atom is -1.00 e. The smallest absolute Gasteiger partial charge is 1.00 e. The molecular formula is C31H26Cl2Zr. The third-order valence-corrected chi connectivity index (χ3v) is 16.4. The molecule has 0 amide bonds. The van der Waals surface area contributed by atoms with E-state index in [-0.39, 0.29) is 24.8 Å². The fourth-order valence-electron chi connectivity index (χ4n) is 6.53. The van der Waals surface area contributed by atoms with Gasteiger partial charge in [-0.2, -0.15) is 0 Å². The van der Waals surface area contributed by atoms with Gasteiger partial charge < -0.3 is 24.8 Å². The molecule has 0 radical (unpaired) electrons. The summed E-state index contributed by atoms with van der Waals surface area (Å²) >= 11 is -2.11. The van der Waals surface area contributed by atoms with E-state index in [0.29, 0.717) is 3.63 Å². The van der Waals surface area contributed by atoms with Gasteiger partial charge in [-0.25, -0.2) is 0 Å². The maximum atomic E-state index is 2.50. The van der Waals surface area contributed by atoms with Crippen LogP contribution >= 0.6 is 0 Å². The summed E-state index contributed by atoms with van der Waals surface area (Å²) in [6, 6.07) is 27.7. The van der Waals surface area contributed by atoms with Crippen LogP contribution in [0, 0.1) is 0 Å². The molecule has 7 rings (SSSR count). The summed E-state index contributed by atoms with van der Waals surface area (Å²) < 4.78 is 4.40. The van der Waals surface area contributed by atoms with Crippen molar-refractivity contribution in [2.45, 2.75) is 35.7 Å². The van der Waals surface area contributed by atoms with Crippen molar-refractivity contribution in [1.29, 1.82) is 0 Å². The number of fused-ring (bicyclic) bond motifs is 8. The fraction of sp³-hybridized carbons (Fsp3) is 0.194. The van der Waals surface area contributed by atoms with Crippen molar-refractivity contribution in [3.63, 3.8) is 0 Å². The van der Waals surface area contributed by atoms with E-state index in [1.165, 1.54) is 64.8 Å². The van der Waals surface area contributed by atoms with Crippen LogP contribution in [0.4, 0.5) is 0 Å². The van der Waals surface area contributed by atoms with E-state index < -0.39 is 21.3 Å². The normalized spacial score (nSPS) is 17.6. The van der Waals surface area contributed by atoms with E-state index in [4.69, 9.17) is 0 Å². The topological polar surface area (TPSA) is 0 Å². The van der Waals surface area contributed by atoms with Crippen LogP contribution in [-0.2, 0) is 21.3 Å². The van der Waals surface area contributed by atoms with Gasteiger partial charge in [0.05, 0.1) is 0 Å². The number of benzene rings is 4. The molecule has 0 aliphatic heterocycles.